The molecule has 0 radical (unpaired) electrons. The summed E-state index contributed by atoms with van der Waals surface area (Å²) in [5.74, 6) is -0.0882. The van der Waals surface area contributed by atoms with Gasteiger partial charge in [0.25, 0.3) is 0 Å². The zero-order chi connectivity index (χ0) is 13.8. The van der Waals surface area contributed by atoms with Gasteiger partial charge in [-0.25, -0.2) is 0 Å². The highest BCUT2D eigenvalue weighted by atomic mass is 35.5. The highest BCUT2D eigenvalue weighted by Gasteiger charge is 2.19. The lowest BCUT2D eigenvalue weighted by Crippen LogP contribution is -2.04. The normalized spacial score (nSPS) is 15.7. The monoisotopic (exact) mass is 287 g/mol. The fraction of sp³-hybridized carbons (Fsp3) is 0.538. The van der Waals surface area contributed by atoms with Crippen LogP contribution in [0.15, 0.2) is 12.1 Å². The first-order chi connectivity index (χ1) is 9.08. The third kappa shape index (κ3) is 3.56. The first-order valence-corrected chi connectivity index (χ1v) is 6.72. The largest absolute Gasteiger partial charge is 0.492 e. The molecule has 0 bridgehead atoms. The Balaban J connectivity index is 1.96. The lowest BCUT2D eigenvalue weighted by molar-refractivity contribution is -0.387. The second kappa shape index (κ2) is 6.19. The summed E-state index contributed by atoms with van der Waals surface area (Å²) in [4.78, 5) is 9.74. The standard InChI is InChI=1S/C13H15ClFNO3/c14-10-7-12(16(17)18)11(15)8-13(10)19-6-5-9-3-1-2-4-9/h7-9H,1-6H2. The van der Waals surface area contributed by atoms with Gasteiger partial charge >= 0.3 is 5.69 Å². The second-order valence-corrected chi connectivity index (χ2v) is 5.19. The lowest BCUT2D eigenvalue weighted by Gasteiger charge is -2.11. The van der Waals surface area contributed by atoms with Crippen molar-refractivity contribution in [2.75, 3.05) is 6.61 Å². The van der Waals surface area contributed by atoms with Crippen LogP contribution in [0, 0.1) is 21.8 Å². The Morgan fingerprint density at radius 1 is 1.42 bits per heavy atom. The second-order valence-electron chi connectivity index (χ2n) is 4.78. The van der Waals surface area contributed by atoms with Crippen LogP contribution in [0.2, 0.25) is 5.02 Å². The van der Waals surface area contributed by atoms with Gasteiger partial charge in [0, 0.05) is 12.1 Å². The Bertz CT molecular complexity index is 475. The van der Waals surface area contributed by atoms with E-state index < -0.39 is 16.4 Å². The van der Waals surface area contributed by atoms with E-state index >= 15 is 0 Å². The Hall–Kier alpha value is -1.36. The minimum Gasteiger partial charge on any atom is -0.492 e. The number of hydrogen-bond donors (Lipinski definition) is 0. The third-order valence-electron chi connectivity index (χ3n) is 3.46. The van der Waals surface area contributed by atoms with E-state index in [4.69, 9.17) is 16.3 Å². The summed E-state index contributed by atoms with van der Waals surface area (Å²) in [7, 11) is 0. The van der Waals surface area contributed by atoms with Crippen molar-refractivity contribution in [3.8, 4) is 5.75 Å². The molecule has 1 aromatic rings. The summed E-state index contributed by atoms with van der Waals surface area (Å²) in [5.41, 5.74) is -0.631. The van der Waals surface area contributed by atoms with E-state index in [1.165, 1.54) is 25.7 Å². The van der Waals surface area contributed by atoms with Crippen molar-refractivity contribution >= 4 is 17.3 Å². The van der Waals surface area contributed by atoms with Gasteiger partial charge in [-0.2, -0.15) is 4.39 Å². The molecule has 0 spiro atoms. The van der Waals surface area contributed by atoms with Crippen molar-refractivity contribution in [3.63, 3.8) is 0 Å². The molecular formula is C13H15ClFNO3. The Labute approximate surface area is 115 Å². The smallest absolute Gasteiger partial charge is 0.306 e. The topological polar surface area (TPSA) is 52.4 Å². The molecule has 1 fully saturated rings. The first-order valence-electron chi connectivity index (χ1n) is 6.34. The fourth-order valence-corrected chi connectivity index (χ4v) is 2.62. The zero-order valence-electron chi connectivity index (χ0n) is 10.4. The van der Waals surface area contributed by atoms with Crippen LogP contribution in [0.3, 0.4) is 0 Å². The van der Waals surface area contributed by atoms with Gasteiger partial charge in [-0.15, -0.1) is 0 Å². The molecule has 2 rings (SSSR count). The molecule has 1 aliphatic rings. The third-order valence-corrected chi connectivity index (χ3v) is 3.75. The maximum absolute atomic E-state index is 13.4. The first kappa shape index (κ1) is 14.1. The molecule has 6 heteroatoms. The average molecular weight is 288 g/mol. The van der Waals surface area contributed by atoms with E-state index in [1.54, 1.807) is 0 Å². The van der Waals surface area contributed by atoms with Gasteiger partial charge in [-0.3, -0.25) is 10.1 Å². The summed E-state index contributed by atoms with van der Waals surface area (Å²) in [6.07, 6.45) is 5.86. The van der Waals surface area contributed by atoms with Gasteiger partial charge in [0.2, 0.25) is 5.82 Å². The van der Waals surface area contributed by atoms with E-state index in [2.05, 4.69) is 0 Å². The molecule has 0 saturated heterocycles. The molecule has 19 heavy (non-hydrogen) atoms. The quantitative estimate of drug-likeness (QED) is 0.598. The summed E-state index contributed by atoms with van der Waals surface area (Å²) in [6, 6.07) is 1.97. The molecule has 0 unspecified atom stereocenters. The molecule has 0 heterocycles. The van der Waals surface area contributed by atoms with Crippen LogP contribution >= 0.6 is 11.6 Å². The number of hydrogen-bond acceptors (Lipinski definition) is 3. The van der Waals surface area contributed by atoms with Crippen molar-refractivity contribution < 1.29 is 14.1 Å². The predicted octanol–water partition coefficient (Wildman–Crippen LogP) is 4.35. The van der Waals surface area contributed by atoms with E-state index in [9.17, 15) is 14.5 Å². The molecule has 1 aromatic carbocycles. The van der Waals surface area contributed by atoms with Crippen LogP contribution in [0.1, 0.15) is 32.1 Å². The highest BCUT2D eigenvalue weighted by molar-refractivity contribution is 6.32. The van der Waals surface area contributed by atoms with Crippen LogP contribution in [0.4, 0.5) is 10.1 Å². The van der Waals surface area contributed by atoms with Crippen LogP contribution in [-0.2, 0) is 0 Å². The van der Waals surface area contributed by atoms with E-state index in [-0.39, 0.29) is 10.8 Å². The summed E-state index contributed by atoms with van der Waals surface area (Å²) >= 11 is 5.84. The molecule has 0 atom stereocenters. The lowest BCUT2D eigenvalue weighted by atomic mass is 10.1. The maximum Gasteiger partial charge on any atom is 0.306 e. The van der Waals surface area contributed by atoms with Crippen LogP contribution in [-0.4, -0.2) is 11.5 Å². The molecule has 4 nitrogen and oxygen atoms in total. The number of nitro benzene ring substituents is 1. The number of rotatable bonds is 5. The van der Waals surface area contributed by atoms with Crippen molar-refractivity contribution in [2.24, 2.45) is 5.92 Å². The molecule has 0 N–H and O–H groups in total. The predicted molar refractivity (Wildman–Crippen MR) is 70.1 cm³/mol. The highest BCUT2D eigenvalue weighted by Crippen LogP contribution is 2.32. The van der Waals surface area contributed by atoms with Crippen LogP contribution in [0.25, 0.3) is 0 Å². The summed E-state index contributed by atoms with van der Waals surface area (Å²) in [6.45, 7) is 0.460. The van der Waals surface area contributed by atoms with Crippen molar-refractivity contribution in [2.45, 2.75) is 32.1 Å². The number of nitro groups is 1. The van der Waals surface area contributed by atoms with Gasteiger partial charge in [-0.05, 0) is 12.3 Å². The van der Waals surface area contributed by atoms with Crippen LogP contribution in [0.5, 0.6) is 5.75 Å². The maximum atomic E-state index is 13.4. The Morgan fingerprint density at radius 3 is 2.74 bits per heavy atom. The molecule has 1 saturated carbocycles. The molecular weight excluding hydrogens is 273 g/mol. The minimum absolute atomic E-state index is 0.0690. The minimum atomic E-state index is -0.926. The van der Waals surface area contributed by atoms with Crippen molar-refractivity contribution in [1.82, 2.24) is 0 Å². The van der Waals surface area contributed by atoms with E-state index in [0.29, 0.717) is 12.5 Å². The van der Waals surface area contributed by atoms with Gasteiger partial charge in [0.05, 0.1) is 16.6 Å². The van der Waals surface area contributed by atoms with Crippen molar-refractivity contribution in [3.05, 3.63) is 33.1 Å². The Kier molecular flexibility index (Phi) is 4.58. The molecule has 0 amide bonds. The van der Waals surface area contributed by atoms with Gasteiger partial charge in [0.1, 0.15) is 5.75 Å². The number of halogens is 2. The average Bonchev–Trinajstić information content (AvgIpc) is 2.85. The summed E-state index contributed by atoms with van der Waals surface area (Å²) < 4.78 is 18.8. The number of benzene rings is 1. The Morgan fingerprint density at radius 2 is 2.11 bits per heavy atom. The SMILES string of the molecule is O=[N+]([O-])c1cc(Cl)c(OCCC2CCCC2)cc1F. The molecule has 0 aliphatic heterocycles. The van der Waals surface area contributed by atoms with Gasteiger partial charge in [-0.1, -0.05) is 37.3 Å². The fourth-order valence-electron chi connectivity index (χ4n) is 2.40. The van der Waals surface area contributed by atoms with Crippen LogP contribution < -0.4 is 4.74 Å². The number of nitrogens with zero attached hydrogens (tertiary/aromatic N) is 1. The number of ether oxygens (including phenoxy) is 1. The van der Waals surface area contributed by atoms with E-state index in [0.717, 1.165) is 18.6 Å². The van der Waals surface area contributed by atoms with Gasteiger partial charge < -0.3 is 4.74 Å². The zero-order valence-corrected chi connectivity index (χ0v) is 11.2. The van der Waals surface area contributed by atoms with Gasteiger partial charge in [0.15, 0.2) is 0 Å². The molecule has 1 aliphatic carbocycles. The molecule has 104 valence electrons. The van der Waals surface area contributed by atoms with Crippen molar-refractivity contribution in [1.29, 1.82) is 0 Å². The molecule has 0 aromatic heterocycles. The van der Waals surface area contributed by atoms with E-state index in [1.807, 2.05) is 0 Å². The summed E-state index contributed by atoms with van der Waals surface area (Å²) in [5, 5.41) is 10.6.